The Morgan fingerprint density at radius 3 is 2.15 bits per heavy atom. The molecule has 3 heterocycles. The van der Waals surface area contributed by atoms with Crippen LogP contribution in [-0.2, 0) is 12.8 Å². The Hall–Kier alpha value is -3.45. The number of fused-ring (bicyclic) bond motifs is 1. The highest BCUT2D eigenvalue weighted by molar-refractivity contribution is 5.78. The van der Waals surface area contributed by atoms with Crippen molar-refractivity contribution in [2.45, 2.75) is 52.5 Å². The van der Waals surface area contributed by atoms with Gasteiger partial charge in [0.25, 0.3) is 0 Å². The molecule has 1 unspecified atom stereocenters. The van der Waals surface area contributed by atoms with Gasteiger partial charge in [-0.1, -0.05) is 64.9 Å². The first-order chi connectivity index (χ1) is 16.6. The van der Waals surface area contributed by atoms with E-state index in [4.69, 9.17) is 9.97 Å². The molecule has 0 radical (unpaired) electrons. The summed E-state index contributed by atoms with van der Waals surface area (Å²) in [5.41, 5.74) is 8.89. The van der Waals surface area contributed by atoms with E-state index in [1.54, 1.807) is 0 Å². The van der Waals surface area contributed by atoms with E-state index in [1.807, 2.05) is 0 Å². The zero-order chi connectivity index (χ0) is 23.5. The van der Waals surface area contributed by atoms with Gasteiger partial charge in [0.2, 0.25) is 0 Å². The molecule has 4 aromatic rings. The molecule has 0 aliphatic carbocycles. The molecule has 5 rings (SSSR count). The largest absolute Gasteiger partial charge is 0.295 e. The van der Waals surface area contributed by atoms with E-state index in [9.17, 15) is 0 Å². The molecule has 1 aliphatic rings. The first-order valence-electron chi connectivity index (χ1n) is 12.1. The van der Waals surface area contributed by atoms with Crippen molar-refractivity contribution in [2.75, 3.05) is 13.1 Å². The summed E-state index contributed by atoms with van der Waals surface area (Å²) in [6.45, 7) is 8.52. The first-order valence-corrected chi connectivity index (χ1v) is 12.1. The number of hydrogen-bond donors (Lipinski definition) is 1. The fraction of sp³-hybridized carbons (Fsp3) is 0.370. The van der Waals surface area contributed by atoms with Crippen molar-refractivity contribution < 1.29 is 0 Å². The van der Waals surface area contributed by atoms with Crippen LogP contribution < -0.4 is 0 Å². The molecule has 34 heavy (non-hydrogen) atoms. The van der Waals surface area contributed by atoms with Gasteiger partial charge in [-0.15, -0.1) is 10.2 Å². The number of rotatable bonds is 7. The Bertz CT molecular complexity index is 1230. The fourth-order valence-electron chi connectivity index (χ4n) is 4.63. The van der Waals surface area contributed by atoms with Gasteiger partial charge in [-0.25, -0.2) is 9.97 Å². The quantitative estimate of drug-likeness (QED) is 0.402. The van der Waals surface area contributed by atoms with Crippen molar-refractivity contribution in [2.24, 2.45) is 0 Å². The predicted octanol–water partition coefficient (Wildman–Crippen LogP) is 4.88. The van der Waals surface area contributed by atoms with Crippen molar-refractivity contribution >= 4 is 0 Å². The van der Waals surface area contributed by atoms with Gasteiger partial charge in [0.15, 0.2) is 5.82 Å². The van der Waals surface area contributed by atoms with Gasteiger partial charge in [-0.3, -0.25) is 4.90 Å². The molecule has 0 bridgehead atoms. The minimum Gasteiger partial charge on any atom is -0.295 e. The smallest absolute Gasteiger partial charge is 0.174 e. The van der Waals surface area contributed by atoms with Crippen molar-refractivity contribution in [3.63, 3.8) is 0 Å². The Morgan fingerprint density at radius 1 is 0.882 bits per heavy atom. The summed E-state index contributed by atoms with van der Waals surface area (Å²) in [7, 11) is 0. The molecular formula is C27H31N7. The minimum absolute atomic E-state index is 0.234. The number of nitrogens with one attached hydrogen (secondary N) is 1. The van der Waals surface area contributed by atoms with Gasteiger partial charge in [0.1, 0.15) is 0 Å². The minimum atomic E-state index is 0.234. The molecule has 7 nitrogen and oxygen atoms in total. The van der Waals surface area contributed by atoms with Crippen molar-refractivity contribution in [3.8, 4) is 22.5 Å². The van der Waals surface area contributed by atoms with Crippen molar-refractivity contribution in [1.82, 2.24) is 35.5 Å². The molecule has 1 N–H and O–H groups in total. The van der Waals surface area contributed by atoms with Crippen molar-refractivity contribution in [3.05, 3.63) is 76.9 Å². The Kier molecular flexibility index (Phi) is 6.45. The summed E-state index contributed by atoms with van der Waals surface area (Å²) in [4.78, 5) is 13.0. The number of unbranched alkanes of at least 4 members (excludes halogenated alkanes) is 1. The summed E-state index contributed by atoms with van der Waals surface area (Å²) >= 11 is 0. The molecule has 1 atom stereocenters. The molecule has 0 spiro atoms. The van der Waals surface area contributed by atoms with Gasteiger partial charge >= 0.3 is 0 Å². The summed E-state index contributed by atoms with van der Waals surface area (Å²) in [5, 5.41) is 14.3. The van der Waals surface area contributed by atoms with Crippen LogP contribution in [0.25, 0.3) is 22.5 Å². The van der Waals surface area contributed by atoms with Crippen LogP contribution in [0.5, 0.6) is 0 Å². The van der Waals surface area contributed by atoms with E-state index in [-0.39, 0.29) is 6.04 Å². The van der Waals surface area contributed by atoms with E-state index < -0.39 is 0 Å². The van der Waals surface area contributed by atoms with Gasteiger partial charge in [0.05, 0.1) is 28.8 Å². The molecule has 0 amide bonds. The molecule has 0 saturated carbocycles. The van der Waals surface area contributed by atoms with Crippen molar-refractivity contribution in [1.29, 1.82) is 0 Å². The van der Waals surface area contributed by atoms with E-state index in [1.165, 1.54) is 11.1 Å². The van der Waals surface area contributed by atoms with Crippen LogP contribution in [0.3, 0.4) is 0 Å². The van der Waals surface area contributed by atoms with Gasteiger partial charge in [0, 0.05) is 30.5 Å². The third-order valence-corrected chi connectivity index (χ3v) is 6.71. The number of hydrogen-bond acceptors (Lipinski definition) is 6. The number of nitrogens with zero attached hydrogens (tertiary/aromatic N) is 6. The normalized spacial score (nSPS) is 15.9. The molecule has 0 fully saturated rings. The number of tetrazole rings is 1. The SMILES string of the molecule is Cc1ccc(-c2nc3c(nc2-c2ccc(C)cc2)C(C)N(CCCCc2nn[nH]n2)CC3)cc1. The van der Waals surface area contributed by atoms with Crippen LogP contribution in [0, 0.1) is 13.8 Å². The lowest BCUT2D eigenvalue weighted by atomic mass is 9.98. The number of benzene rings is 2. The summed E-state index contributed by atoms with van der Waals surface area (Å²) in [5.74, 6) is 0.786. The Balaban J connectivity index is 1.42. The molecule has 7 heteroatoms. The average Bonchev–Trinajstić information content (AvgIpc) is 3.37. The van der Waals surface area contributed by atoms with Gasteiger partial charge in [-0.05, 0) is 40.2 Å². The fourth-order valence-corrected chi connectivity index (χ4v) is 4.63. The van der Waals surface area contributed by atoms with Gasteiger partial charge < -0.3 is 0 Å². The second-order valence-corrected chi connectivity index (χ2v) is 9.23. The Labute approximate surface area is 200 Å². The molecule has 1 aliphatic heterocycles. The summed E-state index contributed by atoms with van der Waals surface area (Å²) < 4.78 is 0. The number of H-pyrrole nitrogens is 1. The number of aromatic nitrogens is 6. The second-order valence-electron chi connectivity index (χ2n) is 9.23. The maximum atomic E-state index is 5.28. The van der Waals surface area contributed by atoms with Crippen LogP contribution in [0.2, 0.25) is 0 Å². The van der Waals surface area contributed by atoms with E-state index >= 15 is 0 Å². The highest BCUT2D eigenvalue weighted by Gasteiger charge is 2.28. The van der Waals surface area contributed by atoms with Crippen LogP contribution >= 0.6 is 0 Å². The maximum absolute atomic E-state index is 5.28. The third kappa shape index (κ3) is 4.75. The maximum Gasteiger partial charge on any atom is 0.174 e. The molecule has 0 saturated heterocycles. The molecule has 2 aromatic carbocycles. The first kappa shape index (κ1) is 22.3. The van der Waals surface area contributed by atoms with Crippen LogP contribution in [-0.4, -0.2) is 48.6 Å². The highest BCUT2D eigenvalue weighted by atomic mass is 15.5. The van der Waals surface area contributed by atoms with Gasteiger partial charge in [-0.2, -0.15) is 5.21 Å². The number of aromatic amines is 1. The predicted molar refractivity (Wildman–Crippen MR) is 133 cm³/mol. The van der Waals surface area contributed by atoms with E-state index in [2.05, 4.69) is 94.8 Å². The molecular weight excluding hydrogens is 422 g/mol. The standard InChI is InChI=1S/C27H31N7/c1-18-7-11-21(12-8-18)26-27(22-13-9-19(2)10-14-22)29-25-20(3)34(17-15-23(25)28-26)16-5-4-6-24-30-32-33-31-24/h7-14,20H,4-6,15-17H2,1-3H3,(H,30,31,32,33). The number of aryl methyl sites for hydroxylation is 3. The third-order valence-electron chi connectivity index (χ3n) is 6.71. The lowest BCUT2D eigenvalue weighted by molar-refractivity contribution is 0.189. The zero-order valence-electron chi connectivity index (χ0n) is 20.1. The summed E-state index contributed by atoms with van der Waals surface area (Å²) in [6, 6.07) is 17.5. The average molecular weight is 454 g/mol. The Morgan fingerprint density at radius 2 is 1.53 bits per heavy atom. The molecule has 174 valence electrons. The van der Waals surface area contributed by atoms with Crippen LogP contribution in [0.1, 0.15) is 54.1 Å². The second kappa shape index (κ2) is 9.81. The lowest BCUT2D eigenvalue weighted by Crippen LogP contribution is -2.36. The zero-order valence-corrected chi connectivity index (χ0v) is 20.1. The van der Waals surface area contributed by atoms with Crippen LogP contribution in [0.4, 0.5) is 0 Å². The lowest BCUT2D eigenvalue weighted by Gasteiger charge is -2.34. The highest BCUT2D eigenvalue weighted by Crippen LogP contribution is 2.35. The molecule has 2 aromatic heterocycles. The van der Waals surface area contributed by atoms with E-state index in [0.717, 1.165) is 78.5 Å². The monoisotopic (exact) mass is 453 g/mol. The van der Waals surface area contributed by atoms with Crippen LogP contribution in [0.15, 0.2) is 48.5 Å². The topological polar surface area (TPSA) is 83.5 Å². The van der Waals surface area contributed by atoms with E-state index in [0.29, 0.717) is 0 Å². The summed E-state index contributed by atoms with van der Waals surface area (Å²) in [6.07, 6.45) is 3.91.